The number of halogens is 3. The summed E-state index contributed by atoms with van der Waals surface area (Å²) in [6.45, 7) is 0. The Morgan fingerprint density at radius 3 is 1.57 bits per heavy atom. The van der Waals surface area contributed by atoms with E-state index in [1.807, 2.05) is 54.6 Å². The van der Waals surface area contributed by atoms with Crippen LogP contribution in [0.2, 0.25) is 0 Å². The van der Waals surface area contributed by atoms with Gasteiger partial charge in [0, 0.05) is 12.4 Å². The second-order valence-corrected chi connectivity index (χ2v) is 5.75. The van der Waals surface area contributed by atoms with Crippen molar-refractivity contribution in [2.24, 2.45) is 0 Å². The van der Waals surface area contributed by atoms with E-state index in [4.69, 9.17) is 4.74 Å². The average Bonchev–Trinajstić information content (AvgIpc) is 3.05. The molecule has 5 nitrogen and oxygen atoms in total. The van der Waals surface area contributed by atoms with Crippen LogP contribution < -0.4 is 61.4 Å². The second kappa shape index (κ2) is 12.5. The standard InChI is InChI=1S/C21H16N2O3.B.3BrH/c24-18-10-6-16(7-11-18)22-14-15-23(21(22)25)17-8-12-20(13-9-17)26-19-4-2-1-3-5-19;;;;/h1-15,24H;;3*1H/q;+3;;;/p-3. The van der Waals surface area contributed by atoms with E-state index in [0.29, 0.717) is 11.4 Å². The van der Waals surface area contributed by atoms with E-state index in [1.54, 1.807) is 41.2 Å². The average molecular weight is 595 g/mol. The quantitative estimate of drug-likeness (QED) is 0.241. The van der Waals surface area contributed by atoms with Crippen LogP contribution in [0.4, 0.5) is 0 Å². The van der Waals surface area contributed by atoms with Crippen molar-refractivity contribution in [2.45, 2.75) is 0 Å². The molecule has 0 saturated heterocycles. The van der Waals surface area contributed by atoms with Gasteiger partial charge in [0.15, 0.2) is 0 Å². The first-order valence-corrected chi connectivity index (χ1v) is 8.13. The van der Waals surface area contributed by atoms with Crippen molar-refractivity contribution in [3.8, 4) is 28.6 Å². The molecule has 0 atom stereocenters. The molecule has 4 aromatic rings. The minimum atomic E-state index is -0.188. The van der Waals surface area contributed by atoms with E-state index in [-0.39, 0.29) is 70.8 Å². The summed E-state index contributed by atoms with van der Waals surface area (Å²) >= 11 is 0. The van der Waals surface area contributed by atoms with Gasteiger partial charge in [0.1, 0.15) is 17.2 Å². The number of rotatable bonds is 4. The summed E-state index contributed by atoms with van der Waals surface area (Å²) in [5.41, 5.74) is 1.25. The molecule has 1 heterocycles. The summed E-state index contributed by atoms with van der Waals surface area (Å²) in [7, 11) is 0. The molecule has 0 saturated carbocycles. The molecule has 1 N–H and O–H groups in total. The zero-order chi connectivity index (χ0) is 17.9. The topological polar surface area (TPSA) is 56.4 Å². The first kappa shape index (κ1) is 27.8. The first-order valence-electron chi connectivity index (χ1n) is 8.13. The van der Waals surface area contributed by atoms with Gasteiger partial charge in [-0.05, 0) is 60.7 Å². The number of phenolic OH excluding ortho intramolecular Hbond substituents is 1. The van der Waals surface area contributed by atoms with Crippen LogP contribution >= 0.6 is 0 Å². The third-order valence-electron chi connectivity index (χ3n) is 4.00. The van der Waals surface area contributed by atoms with Gasteiger partial charge < -0.3 is 60.8 Å². The fourth-order valence-electron chi connectivity index (χ4n) is 2.68. The van der Waals surface area contributed by atoms with Gasteiger partial charge in [-0.15, -0.1) is 0 Å². The Labute approximate surface area is 207 Å². The number of benzene rings is 3. The molecule has 0 radical (unpaired) electrons. The van der Waals surface area contributed by atoms with Crippen molar-refractivity contribution in [1.82, 2.24) is 9.13 Å². The summed E-state index contributed by atoms with van der Waals surface area (Å²) < 4.78 is 8.85. The maximum absolute atomic E-state index is 12.7. The number of aromatic hydroxyl groups is 1. The zero-order valence-electron chi connectivity index (χ0n) is 15.5. The van der Waals surface area contributed by atoms with Gasteiger partial charge in [-0.1, -0.05) is 18.2 Å². The van der Waals surface area contributed by atoms with E-state index in [2.05, 4.69) is 0 Å². The molecule has 0 aliphatic rings. The second-order valence-electron chi connectivity index (χ2n) is 5.75. The zero-order valence-corrected chi connectivity index (χ0v) is 20.3. The van der Waals surface area contributed by atoms with Gasteiger partial charge in [0.25, 0.3) is 0 Å². The molecule has 0 spiro atoms. The summed E-state index contributed by atoms with van der Waals surface area (Å²) in [6, 6.07) is 23.3. The SMILES string of the molecule is O=c1n(-c2ccc(O)cc2)ccn1-c1ccc(Oc2ccccc2)cc1.[B+3].[Br-].[Br-].[Br-]. The van der Waals surface area contributed by atoms with Gasteiger partial charge in [0.2, 0.25) is 0 Å². The van der Waals surface area contributed by atoms with Crippen molar-refractivity contribution in [2.75, 3.05) is 0 Å². The maximum Gasteiger partial charge on any atom is 3.00 e. The van der Waals surface area contributed by atoms with Crippen LogP contribution in [0.15, 0.2) is 96.1 Å². The van der Waals surface area contributed by atoms with Crippen LogP contribution in [0.3, 0.4) is 0 Å². The van der Waals surface area contributed by atoms with E-state index in [9.17, 15) is 9.90 Å². The molecule has 0 unspecified atom stereocenters. The fourth-order valence-corrected chi connectivity index (χ4v) is 2.68. The summed E-state index contributed by atoms with van der Waals surface area (Å²) in [5.74, 6) is 1.62. The van der Waals surface area contributed by atoms with Gasteiger partial charge in [0.05, 0.1) is 11.4 Å². The van der Waals surface area contributed by atoms with Crippen LogP contribution in [0, 0.1) is 0 Å². The Morgan fingerprint density at radius 2 is 1.07 bits per heavy atom. The summed E-state index contributed by atoms with van der Waals surface area (Å²) in [4.78, 5) is 12.7. The molecular weight excluding hydrogens is 579 g/mol. The number of nitrogens with zero attached hydrogens (tertiary/aromatic N) is 2. The number of phenols is 1. The number of hydrogen-bond donors (Lipinski definition) is 1. The van der Waals surface area contributed by atoms with Crippen molar-refractivity contribution in [3.63, 3.8) is 0 Å². The molecule has 152 valence electrons. The Bertz CT molecular complexity index is 1080. The predicted molar refractivity (Wildman–Crippen MR) is 105 cm³/mol. The molecule has 0 fully saturated rings. The molecule has 0 amide bonds. The van der Waals surface area contributed by atoms with E-state index in [0.717, 1.165) is 11.4 Å². The number of hydrogen-bond acceptors (Lipinski definition) is 3. The molecule has 0 aliphatic carbocycles. The first-order chi connectivity index (χ1) is 12.7. The number of ether oxygens (including phenoxy) is 1. The van der Waals surface area contributed by atoms with Crippen LogP contribution in [0.5, 0.6) is 17.2 Å². The molecule has 4 rings (SSSR count). The molecule has 3 aromatic carbocycles. The monoisotopic (exact) mass is 592 g/mol. The van der Waals surface area contributed by atoms with Gasteiger partial charge in [-0.25, -0.2) is 4.79 Å². The summed E-state index contributed by atoms with van der Waals surface area (Å²) in [5, 5.41) is 9.38. The number of para-hydroxylation sites is 1. The molecular formula is C21H16BBr3N2O3. The normalized spacial score (nSPS) is 9.20. The van der Waals surface area contributed by atoms with E-state index in [1.165, 1.54) is 4.57 Å². The molecule has 1 aromatic heterocycles. The largest absolute Gasteiger partial charge is 3.00 e. The number of aromatic nitrogens is 2. The Balaban J connectivity index is 0.00000210. The Kier molecular flexibility index (Phi) is 11.5. The van der Waals surface area contributed by atoms with Crippen molar-refractivity contribution >= 4 is 8.41 Å². The van der Waals surface area contributed by atoms with E-state index >= 15 is 0 Å². The van der Waals surface area contributed by atoms with Crippen LogP contribution in [0.25, 0.3) is 11.4 Å². The smallest absolute Gasteiger partial charge is 1.00 e. The van der Waals surface area contributed by atoms with Crippen molar-refractivity contribution < 1.29 is 60.8 Å². The van der Waals surface area contributed by atoms with Gasteiger partial charge in [-0.3, -0.25) is 9.13 Å². The van der Waals surface area contributed by atoms with E-state index < -0.39 is 0 Å². The van der Waals surface area contributed by atoms with Gasteiger partial charge in [-0.2, -0.15) is 0 Å². The Hall–Kier alpha value is -2.23. The minimum Gasteiger partial charge on any atom is -1.00 e. The molecule has 0 aliphatic heterocycles. The maximum atomic E-state index is 12.7. The minimum absolute atomic E-state index is 0. The van der Waals surface area contributed by atoms with Crippen LogP contribution in [-0.2, 0) is 0 Å². The van der Waals surface area contributed by atoms with Crippen LogP contribution in [0.1, 0.15) is 0 Å². The van der Waals surface area contributed by atoms with Crippen LogP contribution in [-0.4, -0.2) is 22.7 Å². The van der Waals surface area contributed by atoms with Crippen molar-refractivity contribution in [1.29, 1.82) is 0 Å². The number of imidazole rings is 1. The van der Waals surface area contributed by atoms with Gasteiger partial charge >= 0.3 is 14.1 Å². The molecule has 0 bridgehead atoms. The third kappa shape index (κ3) is 6.14. The fraction of sp³-hybridized carbons (Fsp3) is 0. The predicted octanol–water partition coefficient (Wildman–Crippen LogP) is -5.24. The molecule has 9 heteroatoms. The molecule has 30 heavy (non-hydrogen) atoms. The summed E-state index contributed by atoms with van der Waals surface area (Å²) in [6.07, 6.45) is 3.41. The van der Waals surface area contributed by atoms with Crippen molar-refractivity contribution in [3.05, 3.63) is 102 Å². The third-order valence-corrected chi connectivity index (χ3v) is 4.00. The Morgan fingerprint density at radius 1 is 0.633 bits per heavy atom.